The van der Waals surface area contributed by atoms with Crippen molar-refractivity contribution in [2.75, 3.05) is 13.2 Å². The van der Waals surface area contributed by atoms with Gasteiger partial charge < -0.3 is 10.5 Å². The van der Waals surface area contributed by atoms with Crippen LogP contribution < -0.4 is 5.73 Å². The maximum Gasteiger partial charge on any atom is 0.330 e. The third-order valence-electron chi connectivity index (χ3n) is 1.01. The number of nitrogens with two attached hydrogens (primary N) is 1. The molecule has 0 unspecified atom stereocenters. The van der Waals surface area contributed by atoms with Gasteiger partial charge in [-0.1, -0.05) is 6.58 Å². The maximum atomic E-state index is 10.4. The highest BCUT2D eigenvalue weighted by Gasteiger charge is 1.92. The van der Waals surface area contributed by atoms with E-state index in [0.29, 0.717) is 13.2 Å². The zero-order valence-corrected chi connectivity index (χ0v) is 6.01. The van der Waals surface area contributed by atoms with Crippen LogP contribution in [0.1, 0.15) is 12.8 Å². The van der Waals surface area contributed by atoms with Gasteiger partial charge in [-0.05, 0) is 19.4 Å². The molecule has 0 saturated heterocycles. The van der Waals surface area contributed by atoms with E-state index >= 15 is 0 Å². The normalized spacial score (nSPS) is 8.90. The molecular formula is C7H13NO2. The van der Waals surface area contributed by atoms with Crippen molar-refractivity contribution in [1.82, 2.24) is 0 Å². The van der Waals surface area contributed by atoms with E-state index < -0.39 is 0 Å². The molecule has 10 heavy (non-hydrogen) atoms. The fourth-order valence-electron chi connectivity index (χ4n) is 0.478. The quantitative estimate of drug-likeness (QED) is 0.345. The highest BCUT2D eigenvalue weighted by molar-refractivity contribution is 5.81. The molecule has 0 amide bonds. The van der Waals surface area contributed by atoms with Gasteiger partial charge in [0.1, 0.15) is 0 Å². The second kappa shape index (κ2) is 6.29. The van der Waals surface area contributed by atoms with E-state index in [1.54, 1.807) is 0 Å². The summed E-state index contributed by atoms with van der Waals surface area (Å²) in [4.78, 5) is 10.4. The topological polar surface area (TPSA) is 52.3 Å². The van der Waals surface area contributed by atoms with Crippen LogP contribution in [0.5, 0.6) is 0 Å². The third-order valence-corrected chi connectivity index (χ3v) is 1.01. The van der Waals surface area contributed by atoms with E-state index in [4.69, 9.17) is 5.73 Å². The molecule has 0 spiro atoms. The third kappa shape index (κ3) is 5.31. The van der Waals surface area contributed by atoms with Gasteiger partial charge in [0.2, 0.25) is 0 Å². The van der Waals surface area contributed by atoms with Crippen molar-refractivity contribution in [2.45, 2.75) is 12.8 Å². The first kappa shape index (κ1) is 9.17. The number of carbonyl (C=O) groups is 1. The van der Waals surface area contributed by atoms with Gasteiger partial charge in [-0.25, -0.2) is 4.79 Å². The second-order valence-electron chi connectivity index (χ2n) is 1.87. The molecule has 0 atom stereocenters. The molecule has 3 heteroatoms. The van der Waals surface area contributed by atoms with Gasteiger partial charge in [-0.2, -0.15) is 0 Å². The lowest BCUT2D eigenvalue weighted by molar-refractivity contribution is -0.137. The predicted octanol–water partition coefficient (Wildman–Crippen LogP) is 0.455. The zero-order valence-electron chi connectivity index (χ0n) is 6.01. The van der Waals surface area contributed by atoms with Crippen LogP contribution in [0, 0.1) is 0 Å². The summed E-state index contributed by atoms with van der Waals surface area (Å²) in [5, 5.41) is 0. The molecule has 0 radical (unpaired) electrons. The Labute approximate surface area is 60.9 Å². The predicted molar refractivity (Wildman–Crippen MR) is 39.4 cm³/mol. The fraction of sp³-hybridized carbons (Fsp3) is 0.571. The maximum absolute atomic E-state index is 10.4. The molecule has 0 fully saturated rings. The van der Waals surface area contributed by atoms with Crippen LogP contribution >= 0.6 is 0 Å². The number of hydrogen-bond donors (Lipinski definition) is 1. The lowest BCUT2D eigenvalue weighted by atomic mass is 10.3. The monoisotopic (exact) mass is 143 g/mol. The van der Waals surface area contributed by atoms with Crippen LogP contribution in [0.4, 0.5) is 0 Å². The Morgan fingerprint density at radius 2 is 2.30 bits per heavy atom. The minimum atomic E-state index is -0.364. The fourth-order valence-corrected chi connectivity index (χ4v) is 0.478. The van der Waals surface area contributed by atoms with Crippen molar-refractivity contribution in [2.24, 2.45) is 5.73 Å². The Hall–Kier alpha value is -0.830. The molecule has 0 aliphatic carbocycles. The second-order valence-corrected chi connectivity index (χ2v) is 1.87. The zero-order chi connectivity index (χ0) is 7.82. The minimum absolute atomic E-state index is 0.364. The van der Waals surface area contributed by atoms with Crippen LogP contribution in [0.3, 0.4) is 0 Å². The molecule has 0 aromatic carbocycles. The summed E-state index contributed by atoms with van der Waals surface area (Å²) in [5.74, 6) is -0.364. The highest BCUT2D eigenvalue weighted by atomic mass is 16.5. The lowest BCUT2D eigenvalue weighted by Gasteiger charge is -1.98. The number of hydrogen-bond acceptors (Lipinski definition) is 3. The molecule has 0 saturated carbocycles. The van der Waals surface area contributed by atoms with Crippen LogP contribution in [0.25, 0.3) is 0 Å². The molecule has 0 rings (SSSR count). The van der Waals surface area contributed by atoms with Crippen molar-refractivity contribution in [1.29, 1.82) is 0 Å². The molecule has 0 bridgehead atoms. The minimum Gasteiger partial charge on any atom is -0.463 e. The molecule has 3 nitrogen and oxygen atoms in total. The standard InChI is InChI=1S/C7H13NO2/c1-2-7(9)10-6-4-3-5-8/h2H,1,3-6,8H2. The highest BCUT2D eigenvalue weighted by Crippen LogP contribution is 1.88. The van der Waals surface area contributed by atoms with Crippen LogP contribution in [0.2, 0.25) is 0 Å². The number of ether oxygens (including phenoxy) is 1. The van der Waals surface area contributed by atoms with E-state index in [9.17, 15) is 4.79 Å². The molecule has 0 heterocycles. The molecular weight excluding hydrogens is 130 g/mol. The Balaban J connectivity index is 3.03. The molecule has 2 N–H and O–H groups in total. The first-order valence-electron chi connectivity index (χ1n) is 3.30. The van der Waals surface area contributed by atoms with Crippen molar-refractivity contribution in [3.8, 4) is 0 Å². The van der Waals surface area contributed by atoms with Crippen LogP contribution in [-0.4, -0.2) is 19.1 Å². The van der Waals surface area contributed by atoms with Crippen LogP contribution in [-0.2, 0) is 9.53 Å². The van der Waals surface area contributed by atoms with Crippen LogP contribution in [0.15, 0.2) is 12.7 Å². The summed E-state index contributed by atoms with van der Waals surface area (Å²) in [7, 11) is 0. The average Bonchev–Trinajstić information content (AvgIpc) is 1.98. The number of carbonyl (C=O) groups excluding carboxylic acids is 1. The number of unbranched alkanes of at least 4 members (excludes halogenated alkanes) is 1. The molecule has 58 valence electrons. The molecule has 0 aliphatic rings. The van der Waals surface area contributed by atoms with Gasteiger partial charge in [-0.3, -0.25) is 0 Å². The molecule has 0 aromatic heterocycles. The summed E-state index contributed by atoms with van der Waals surface area (Å²) in [6.45, 7) is 4.35. The molecule has 0 aliphatic heterocycles. The van der Waals surface area contributed by atoms with Gasteiger partial charge in [0.15, 0.2) is 0 Å². The van der Waals surface area contributed by atoms with Gasteiger partial charge in [0.25, 0.3) is 0 Å². The number of rotatable bonds is 5. The summed E-state index contributed by atoms with van der Waals surface area (Å²) in [6, 6.07) is 0. The molecule has 0 aromatic rings. The SMILES string of the molecule is C=CC(=O)OCCCCN. The lowest BCUT2D eigenvalue weighted by Crippen LogP contribution is -2.04. The van der Waals surface area contributed by atoms with Crippen molar-refractivity contribution in [3.05, 3.63) is 12.7 Å². The largest absolute Gasteiger partial charge is 0.463 e. The van der Waals surface area contributed by atoms with Gasteiger partial charge in [0, 0.05) is 6.08 Å². The van der Waals surface area contributed by atoms with E-state index in [1.807, 2.05) is 0 Å². The summed E-state index contributed by atoms with van der Waals surface area (Å²) >= 11 is 0. The van der Waals surface area contributed by atoms with E-state index in [-0.39, 0.29) is 5.97 Å². The number of esters is 1. The Bertz CT molecular complexity index is 112. The van der Waals surface area contributed by atoms with E-state index in [1.165, 1.54) is 0 Å². The Morgan fingerprint density at radius 1 is 1.60 bits per heavy atom. The first-order chi connectivity index (χ1) is 4.81. The van der Waals surface area contributed by atoms with Crippen molar-refractivity contribution < 1.29 is 9.53 Å². The first-order valence-corrected chi connectivity index (χ1v) is 3.30. The average molecular weight is 143 g/mol. The van der Waals surface area contributed by atoms with E-state index in [0.717, 1.165) is 18.9 Å². The van der Waals surface area contributed by atoms with Gasteiger partial charge in [-0.15, -0.1) is 0 Å². The smallest absolute Gasteiger partial charge is 0.330 e. The van der Waals surface area contributed by atoms with Gasteiger partial charge in [0.05, 0.1) is 6.61 Å². The Morgan fingerprint density at radius 3 is 2.80 bits per heavy atom. The van der Waals surface area contributed by atoms with Gasteiger partial charge >= 0.3 is 5.97 Å². The summed E-state index contributed by atoms with van der Waals surface area (Å²) in [6.07, 6.45) is 2.88. The van der Waals surface area contributed by atoms with E-state index in [2.05, 4.69) is 11.3 Å². The Kier molecular flexibility index (Phi) is 5.77. The summed E-state index contributed by atoms with van der Waals surface area (Å²) in [5.41, 5.74) is 5.22. The van der Waals surface area contributed by atoms with Crippen molar-refractivity contribution in [3.63, 3.8) is 0 Å². The van der Waals surface area contributed by atoms with Crippen molar-refractivity contribution >= 4 is 5.97 Å². The summed E-state index contributed by atoms with van der Waals surface area (Å²) < 4.78 is 4.68.